The SMILES string of the molecule is COc1cccc(CN2CCCN(C(=O)c3cscn3)CC2)c1.Cl. The number of carbonyl (C=O) groups excluding carboxylic acids is 1. The first kappa shape index (κ1) is 18.7. The summed E-state index contributed by atoms with van der Waals surface area (Å²) in [5.41, 5.74) is 3.51. The lowest BCUT2D eigenvalue weighted by atomic mass is 10.2. The lowest BCUT2D eigenvalue weighted by Gasteiger charge is -2.21. The van der Waals surface area contributed by atoms with Gasteiger partial charge in [0.25, 0.3) is 5.91 Å². The molecule has 0 bridgehead atoms. The first-order valence-corrected chi connectivity index (χ1v) is 8.73. The zero-order valence-corrected chi connectivity index (χ0v) is 15.3. The zero-order chi connectivity index (χ0) is 16.1. The molecule has 3 rings (SSSR count). The van der Waals surface area contributed by atoms with Crippen molar-refractivity contribution in [3.05, 3.63) is 46.4 Å². The summed E-state index contributed by atoms with van der Waals surface area (Å²) < 4.78 is 5.28. The van der Waals surface area contributed by atoms with Crippen LogP contribution >= 0.6 is 23.7 Å². The smallest absolute Gasteiger partial charge is 0.273 e. The average Bonchev–Trinajstić information content (AvgIpc) is 3.02. The van der Waals surface area contributed by atoms with Crippen molar-refractivity contribution < 1.29 is 9.53 Å². The van der Waals surface area contributed by atoms with E-state index in [0.717, 1.165) is 44.9 Å². The Hall–Kier alpha value is -1.63. The van der Waals surface area contributed by atoms with Crippen molar-refractivity contribution in [3.8, 4) is 5.75 Å². The normalized spacial score (nSPS) is 15.5. The second-order valence-electron chi connectivity index (χ2n) is 5.65. The molecule has 0 unspecified atom stereocenters. The largest absolute Gasteiger partial charge is 0.497 e. The molecule has 1 aliphatic rings. The monoisotopic (exact) mass is 367 g/mol. The molecule has 1 amide bonds. The third-order valence-electron chi connectivity index (χ3n) is 4.07. The Morgan fingerprint density at radius 2 is 2.17 bits per heavy atom. The van der Waals surface area contributed by atoms with Crippen molar-refractivity contribution in [3.63, 3.8) is 0 Å². The van der Waals surface area contributed by atoms with Gasteiger partial charge in [-0.25, -0.2) is 4.98 Å². The highest BCUT2D eigenvalue weighted by molar-refractivity contribution is 7.07. The van der Waals surface area contributed by atoms with Crippen LogP contribution in [-0.4, -0.2) is 54.0 Å². The van der Waals surface area contributed by atoms with Crippen LogP contribution in [0.5, 0.6) is 5.75 Å². The van der Waals surface area contributed by atoms with Crippen molar-refractivity contribution >= 4 is 29.7 Å². The van der Waals surface area contributed by atoms with Gasteiger partial charge in [-0.05, 0) is 24.1 Å². The Balaban J connectivity index is 0.00000208. The maximum atomic E-state index is 12.4. The van der Waals surface area contributed by atoms with E-state index in [4.69, 9.17) is 4.74 Å². The number of hydrogen-bond acceptors (Lipinski definition) is 5. The molecule has 0 atom stereocenters. The van der Waals surface area contributed by atoms with Crippen LogP contribution in [0.3, 0.4) is 0 Å². The van der Waals surface area contributed by atoms with Crippen LogP contribution in [-0.2, 0) is 6.54 Å². The molecular formula is C17H22ClN3O2S. The van der Waals surface area contributed by atoms with Crippen LogP contribution in [0.4, 0.5) is 0 Å². The van der Waals surface area contributed by atoms with Crippen molar-refractivity contribution in [1.82, 2.24) is 14.8 Å². The quantitative estimate of drug-likeness (QED) is 0.833. The number of amides is 1. The van der Waals surface area contributed by atoms with Gasteiger partial charge in [0, 0.05) is 38.1 Å². The molecule has 0 radical (unpaired) electrons. The molecule has 1 saturated heterocycles. The maximum Gasteiger partial charge on any atom is 0.273 e. The van der Waals surface area contributed by atoms with Crippen LogP contribution < -0.4 is 4.74 Å². The lowest BCUT2D eigenvalue weighted by Crippen LogP contribution is -2.35. The van der Waals surface area contributed by atoms with Gasteiger partial charge in [-0.3, -0.25) is 9.69 Å². The van der Waals surface area contributed by atoms with E-state index in [1.807, 2.05) is 22.4 Å². The number of rotatable bonds is 4. The summed E-state index contributed by atoms with van der Waals surface area (Å²) in [6, 6.07) is 8.17. The fourth-order valence-corrected chi connectivity index (χ4v) is 3.37. The van der Waals surface area contributed by atoms with Gasteiger partial charge in [0.2, 0.25) is 0 Å². The predicted molar refractivity (Wildman–Crippen MR) is 98.2 cm³/mol. The third-order valence-corrected chi connectivity index (χ3v) is 4.65. The number of benzene rings is 1. The van der Waals surface area contributed by atoms with Gasteiger partial charge < -0.3 is 9.64 Å². The molecule has 0 N–H and O–H groups in total. The van der Waals surface area contributed by atoms with Crippen molar-refractivity contribution in [1.29, 1.82) is 0 Å². The third kappa shape index (κ3) is 4.69. The zero-order valence-electron chi connectivity index (χ0n) is 13.7. The van der Waals surface area contributed by atoms with Gasteiger partial charge in [0.15, 0.2) is 0 Å². The van der Waals surface area contributed by atoms with E-state index < -0.39 is 0 Å². The van der Waals surface area contributed by atoms with Crippen molar-refractivity contribution in [2.75, 3.05) is 33.3 Å². The minimum atomic E-state index is 0. The van der Waals surface area contributed by atoms with E-state index in [-0.39, 0.29) is 18.3 Å². The van der Waals surface area contributed by atoms with Crippen LogP contribution in [0.15, 0.2) is 35.2 Å². The molecule has 1 aromatic heterocycles. The molecule has 2 heterocycles. The minimum absolute atomic E-state index is 0. The predicted octanol–water partition coefficient (Wildman–Crippen LogP) is 2.92. The maximum absolute atomic E-state index is 12.4. The van der Waals surface area contributed by atoms with Gasteiger partial charge >= 0.3 is 0 Å². The van der Waals surface area contributed by atoms with Gasteiger partial charge in [0.05, 0.1) is 12.6 Å². The Morgan fingerprint density at radius 1 is 1.29 bits per heavy atom. The molecule has 1 fully saturated rings. The molecule has 130 valence electrons. The summed E-state index contributed by atoms with van der Waals surface area (Å²) in [5.74, 6) is 0.937. The van der Waals surface area contributed by atoms with E-state index >= 15 is 0 Å². The number of ether oxygens (including phenoxy) is 1. The van der Waals surface area contributed by atoms with E-state index in [1.54, 1.807) is 12.6 Å². The molecule has 1 aliphatic heterocycles. The van der Waals surface area contributed by atoms with Crippen molar-refractivity contribution in [2.45, 2.75) is 13.0 Å². The van der Waals surface area contributed by atoms with Crippen LogP contribution in [0, 0.1) is 0 Å². The summed E-state index contributed by atoms with van der Waals surface area (Å²) in [6.07, 6.45) is 0.986. The topological polar surface area (TPSA) is 45.7 Å². The highest BCUT2D eigenvalue weighted by atomic mass is 35.5. The fraction of sp³-hybridized carbons (Fsp3) is 0.412. The Morgan fingerprint density at radius 3 is 2.92 bits per heavy atom. The molecule has 1 aromatic carbocycles. The van der Waals surface area contributed by atoms with E-state index in [2.05, 4.69) is 22.0 Å². The first-order chi connectivity index (χ1) is 11.3. The number of methoxy groups -OCH3 is 1. The molecule has 5 nitrogen and oxygen atoms in total. The average molecular weight is 368 g/mol. The van der Waals surface area contributed by atoms with Gasteiger partial charge in [-0.15, -0.1) is 23.7 Å². The molecule has 0 saturated carbocycles. The fourth-order valence-electron chi connectivity index (χ4n) is 2.84. The molecule has 7 heteroatoms. The van der Waals surface area contributed by atoms with E-state index in [9.17, 15) is 4.79 Å². The summed E-state index contributed by atoms with van der Waals surface area (Å²) in [4.78, 5) is 20.8. The number of nitrogens with zero attached hydrogens (tertiary/aromatic N) is 3. The van der Waals surface area contributed by atoms with Gasteiger partial charge in [0.1, 0.15) is 11.4 Å². The minimum Gasteiger partial charge on any atom is -0.497 e. The first-order valence-electron chi connectivity index (χ1n) is 7.79. The van der Waals surface area contributed by atoms with Gasteiger partial charge in [-0.2, -0.15) is 0 Å². The Kier molecular flexibility index (Phi) is 7.02. The lowest BCUT2D eigenvalue weighted by molar-refractivity contribution is 0.0756. The number of thiazole rings is 1. The summed E-state index contributed by atoms with van der Waals surface area (Å²) >= 11 is 1.46. The van der Waals surface area contributed by atoms with E-state index in [1.165, 1.54) is 16.9 Å². The molecule has 2 aromatic rings. The number of aromatic nitrogens is 1. The van der Waals surface area contributed by atoms with E-state index in [0.29, 0.717) is 5.69 Å². The number of carbonyl (C=O) groups is 1. The number of halogens is 1. The molecule has 0 aliphatic carbocycles. The van der Waals surface area contributed by atoms with Crippen molar-refractivity contribution in [2.24, 2.45) is 0 Å². The van der Waals surface area contributed by atoms with Crippen LogP contribution in [0.25, 0.3) is 0 Å². The highest BCUT2D eigenvalue weighted by Gasteiger charge is 2.21. The van der Waals surface area contributed by atoms with Crippen LogP contribution in [0.1, 0.15) is 22.5 Å². The Labute approximate surface area is 152 Å². The van der Waals surface area contributed by atoms with Crippen LogP contribution in [0.2, 0.25) is 0 Å². The summed E-state index contributed by atoms with van der Waals surface area (Å²) in [7, 11) is 1.69. The second-order valence-corrected chi connectivity index (χ2v) is 6.37. The Bertz CT molecular complexity index is 651. The molecule has 24 heavy (non-hydrogen) atoms. The standard InChI is InChI=1S/C17H21N3O2S.ClH/c1-22-15-5-2-4-14(10-15)11-19-6-3-7-20(9-8-19)17(21)16-12-23-13-18-16;/h2,4-5,10,12-13H,3,6-9,11H2,1H3;1H. The van der Waals surface area contributed by atoms with Gasteiger partial charge in [-0.1, -0.05) is 12.1 Å². The molecular weight excluding hydrogens is 346 g/mol. The summed E-state index contributed by atoms with van der Waals surface area (Å²) in [5, 5.41) is 1.82. The summed E-state index contributed by atoms with van der Waals surface area (Å²) in [6.45, 7) is 4.31. The second kappa shape index (κ2) is 9.01. The highest BCUT2D eigenvalue weighted by Crippen LogP contribution is 2.16. The number of hydrogen-bond donors (Lipinski definition) is 0. The molecule has 0 spiro atoms.